The number of fused-ring (bicyclic) bond motifs is 1. The maximum Gasteiger partial charge on any atom is 0.258 e. The molecule has 162 valence electrons. The normalized spacial score (nSPS) is 18.1. The molecule has 0 spiro atoms. The van der Waals surface area contributed by atoms with E-state index in [0.717, 1.165) is 30.4 Å². The molecule has 7 heteroatoms. The van der Waals surface area contributed by atoms with Gasteiger partial charge in [-0.2, -0.15) is 9.29 Å². The lowest BCUT2D eigenvalue weighted by atomic mass is 9.92. The molecule has 2 aromatic carbocycles. The Bertz CT molecular complexity index is 1190. The van der Waals surface area contributed by atoms with Crippen LogP contribution in [0, 0.1) is 6.92 Å². The highest BCUT2D eigenvalue weighted by Crippen LogP contribution is 2.32. The van der Waals surface area contributed by atoms with Crippen molar-refractivity contribution in [2.24, 2.45) is 0 Å². The van der Waals surface area contributed by atoms with Gasteiger partial charge in [0.05, 0.1) is 4.90 Å². The number of hydrogen-bond acceptors (Lipinski definition) is 5. The standard InChI is InChI=1S/C24H27N3O3S/c1-17-6-2-5-9-22(17)24-25-23(26-30-24)19-12-14-27(15-13-19)31(28,29)21-11-10-18-7-3-4-8-20(18)16-21/h2,5-6,9-11,16,19H,3-4,7-8,12-15H2,1H3. The Morgan fingerprint density at radius 1 is 1.00 bits per heavy atom. The van der Waals surface area contributed by atoms with Crippen LogP contribution >= 0.6 is 0 Å². The zero-order chi connectivity index (χ0) is 21.4. The molecule has 0 saturated carbocycles. The van der Waals surface area contributed by atoms with Gasteiger partial charge >= 0.3 is 0 Å². The van der Waals surface area contributed by atoms with Gasteiger partial charge in [-0.25, -0.2) is 8.42 Å². The summed E-state index contributed by atoms with van der Waals surface area (Å²) in [6.07, 6.45) is 5.73. The smallest absolute Gasteiger partial charge is 0.258 e. The van der Waals surface area contributed by atoms with E-state index in [1.54, 1.807) is 10.4 Å². The van der Waals surface area contributed by atoms with Gasteiger partial charge in [0.1, 0.15) is 0 Å². The lowest BCUT2D eigenvalue weighted by molar-refractivity contribution is 0.307. The average Bonchev–Trinajstić information content (AvgIpc) is 3.29. The van der Waals surface area contributed by atoms with Gasteiger partial charge in [-0.1, -0.05) is 29.4 Å². The van der Waals surface area contributed by atoms with Crippen molar-refractivity contribution in [1.82, 2.24) is 14.4 Å². The Balaban J connectivity index is 1.29. The number of aromatic nitrogens is 2. The number of benzene rings is 2. The van der Waals surface area contributed by atoms with Gasteiger partial charge in [0, 0.05) is 24.6 Å². The quantitative estimate of drug-likeness (QED) is 0.601. The zero-order valence-electron chi connectivity index (χ0n) is 17.8. The van der Waals surface area contributed by atoms with Gasteiger partial charge in [-0.15, -0.1) is 0 Å². The summed E-state index contributed by atoms with van der Waals surface area (Å²) in [7, 11) is -3.48. The molecule has 1 fully saturated rings. The molecule has 0 N–H and O–H groups in total. The first-order chi connectivity index (χ1) is 15.0. The molecule has 1 aromatic heterocycles. The Hall–Kier alpha value is -2.51. The number of piperidine rings is 1. The van der Waals surface area contributed by atoms with Crippen molar-refractivity contribution >= 4 is 10.0 Å². The second-order valence-electron chi connectivity index (χ2n) is 8.59. The molecule has 1 aliphatic heterocycles. The van der Waals surface area contributed by atoms with Crippen molar-refractivity contribution in [3.63, 3.8) is 0 Å². The van der Waals surface area contributed by atoms with E-state index in [4.69, 9.17) is 4.52 Å². The highest BCUT2D eigenvalue weighted by atomic mass is 32.2. The van der Waals surface area contributed by atoms with Crippen LogP contribution in [-0.2, 0) is 22.9 Å². The third-order valence-corrected chi connectivity index (χ3v) is 8.49. The lowest BCUT2D eigenvalue weighted by Gasteiger charge is -2.30. The van der Waals surface area contributed by atoms with Gasteiger partial charge in [-0.3, -0.25) is 0 Å². The number of hydrogen-bond donors (Lipinski definition) is 0. The van der Waals surface area contributed by atoms with Crippen molar-refractivity contribution in [2.75, 3.05) is 13.1 Å². The summed E-state index contributed by atoms with van der Waals surface area (Å²) in [5.74, 6) is 1.30. The summed E-state index contributed by atoms with van der Waals surface area (Å²) in [5, 5.41) is 4.20. The molecular weight excluding hydrogens is 410 g/mol. The van der Waals surface area contributed by atoms with Gasteiger partial charge in [0.15, 0.2) is 5.82 Å². The molecule has 2 heterocycles. The van der Waals surface area contributed by atoms with Crippen LogP contribution in [0.1, 0.15) is 54.1 Å². The van der Waals surface area contributed by atoms with Crippen LogP contribution < -0.4 is 0 Å². The maximum absolute atomic E-state index is 13.2. The molecule has 0 radical (unpaired) electrons. The highest BCUT2D eigenvalue weighted by molar-refractivity contribution is 7.89. The second-order valence-corrected chi connectivity index (χ2v) is 10.5. The van der Waals surface area contributed by atoms with E-state index in [0.29, 0.717) is 42.5 Å². The van der Waals surface area contributed by atoms with Crippen LogP contribution in [0.2, 0.25) is 0 Å². The van der Waals surface area contributed by atoms with Crippen LogP contribution in [0.3, 0.4) is 0 Å². The predicted molar refractivity (Wildman–Crippen MR) is 118 cm³/mol. The average molecular weight is 438 g/mol. The summed E-state index contributed by atoms with van der Waals surface area (Å²) in [6.45, 7) is 2.96. The van der Waals surface area contributed by atoms with Gasteiger partial charge in [0.2, 0.25) is 10.0 Å². The molecule has 6 nitrogen and oxygen atoms in total. The fourth-order valence-electron chi connectivity index (χ4n) is 4.70. The van der Waals surface area contributed by atoms with Crippen LogP contribution in [-0.4, -0.2) is 36.0 Å². The molecule has 1 saturated heterocycles. The number of rotatable bonds is 4. The molecule has 5 rings (SSSR count). The minimum Gasteiger partial charge on any atom is -0.334 e. The van der Waals surface area contributed by atoms with Crippen LogP contribution in [0.4, 0.5) is 0 Å². The molecular formula is C24H27N3O3S. The van der Waals surface area contributed by atoms with Gasteiger partial charge in [0.25, 0.3) is 5.89 Å². The molecule has 2 aliphatic rings. The van der Waals surface area contributed by atoms with Crippen LogP contribution in [0.25, 0.3) is 11.5 Å². The summed E-state index contributed by atoms with van der Waals surface area (Å²) in [5.41, 5.74) is 4.51. The number of aryl methyl sites for hydroxylation is 3. The zero-order valence-corrected chi connectivity index (χ0v) is 18.6. The largest absolute Gasteiger partial charge is 0.334 e. The highest BCUT2D eigenvalue weighted by Gasteiger charge is 2.32. The molecule has 0 bridgehead atoms. The summed E-state index contributed by atoms with van der Waals surface area (Å²) < 4.78 is 33.6. The van der Waals surface area contributed by atoms with Crippen molar-refractivity contribution in [2.45, 2.75) is 56.3 Å². The van der Waals surface area contributed by atoms with Crippen molar-refractivity contribution < 1.29 is 12.9 Å². The van der Waals surface area contributed by atoms with E-state index in [-0.39, 0.29) is 5.92 Å². The summed E-state index contributed by atoms with van der Waals surface area (Å²) in [6, 6.07) is 13.6. The molecule has 0 amide bonds. The molecule has 0 unspecified atom stereocenters. The third-order valence-electron chi connectivity index (χ3n) is 6.59. The van der Waals surface area contributed by atoms with Gasteiger partial charge < -0.3 is 4.52 Å². The predicted octanol–water partition coefficient (Wildman–Crippen LogP) is 4.49. The summed E-state index contributed by atoms with van der Waals surface area (Å²) >= 11 is 0. The minimum absolute atomic E-state index is 0.108. The second kappa shape index (κ2) is 8.20. The van der Waals surface area contributed by atoms with Crippen molar-refractivity contribution in [3.8, 4) is 11.5 Å². The topological polar surface area (TPSA) is 76.3 Å². The minimum atomic E-state index is -3.48. The first-order valence-corrected chi connectivity index (χ1v) is 12.5. The molecule has 1 aliphatic carbocycles. The molecule has 3 aromatic rings. The molecule has 0 atom stereocenters. The summed E-state index contributed by atoms with van der Waals surface area (Å²) in [4.78, 5) is 5.04. The lowest BCUT2D eigenvalue weighted by Crippen LogP contribution is -2.38. The SMILES string of the molecule is Cc1ccccc1-c1nc(C2CCN(S(=O)(=O)c3ccc4c(c3)CCCC4)CC2)no1. The first-order valence-electron chi connectivity index (χ1n) is 11.0. The first kappa shape index (κ1) is 20.4. The van der Waals surface area contributed by atoms with E-state index in [1.807, 2.05) is 43.3 Å². The van der Waals surface area contributed by atoms with E-state index in [9.17, 15) is 8.42 Å². The molecule has 31 heavy (non-hydrogen) atoms. The number of sulfonamides is 1. The van der Waals surface area contributed by atoms with Crippen molar-refractivity contribution in [1.29, 1.82) is 0 Å². The van der Waals surface area contributed by atoms with E-state index in [2.05, 4.69) is 10.1 Å². The van der Waals surface area contributed by atoms with E-state index in [1.165, 1.54) is 17.5 Å². The van der Waals surface area contributed by atoms with Crippen LogP contribution in [0.15, 0.2) is 51.9 Å². The van der Waals surface area contributed by atoms with Crippen LogP contribution in [0.5, 0.6) is 0 Å². The third kappa shape index (κ3) is 3.92. The fraction of sp³-hybridized carbons (Fsp3) is 0.417. The van der Waals surface area contributed by atoms with E-state index < -0.39 is 10.0 Å². The van der Waals surface area contributed by atoms with E-state index >= 15 is 0 Å². The van der Waals surface area contributed by atoms with Crippen molar-refractivity contribution in [3.05, 3.63) is 65.0 Å². The Morgan fingerprint density at radius 3 is 2.52 bits per heavy atom. The van der Waals surface area contributed by atoms with Gasteiger partial charge in [-0.05, 0) is 80.3 Å². The Labute approximate surface area is 183 Å². The number of nitrogens with zero attached hydrogens (tertiary/aromatic N) is 3. The maximum atomic E-state index is 13.2. The Morgan fingerprint density at radius 2 is 1.74 bits per heavy atom. The fourth-order valence-corrected chi connectivity index (χ4v) is 6.22. The monoisotopic (exact) mass is 437 g/mol. The Kier molecular flexibility index (Phi) is 5.40.